The third kappa shape index (κ3) is 5.58. The van der Waals surface area contributed by atoms with Gasteiger partial charge in [0, 0.05) is 20.6 Å². The van der Waals surface area contributed by atoms with Crippen LogP contribution in [0.15, 0.2) is 41.9 Å². The molecule has 1 N–H and O–H groups in total. The van der Waals surface area contributed by atoms with E-state index in [4.69, 9.17) is 4.74 Å². The first-order chi connectivity index (χ1) is 12.5. The van der Waals surface area contributed by atoms with E-state index in [1.54, 1.807) is 18.2 Å². The molecule has 0 amide bonds. The predicted octanol–water partition coefficient (Wildman–Crippen LogP) is 1.91. The van der Waals surface area contributed by atoms with Crippen molar-refractivity contribution in [1.82, 2.24) is 25.0 Å². The minimum absolute atomic E-state index is 0.281. The molecule has 8 heteroatoms. The highest BCUT2D eigenvalue weighted by atomic mass is 19.1. The molecule has 140 valence electrons. The Morgan fingerprint density at radius 3 is 2.73 bits per heavy atom. The van der Waals surface area contributed by atoms with Crippen LogP contribution in [0.4, 0.5) is 4.39 Å². The average Bonchev–Trinajstić information content (AvgIpc) is 2.95. The van der Waals surface area contributed by atoms with Crippen molar-refractivity contribution in [3.63, 3.8) is 0 Å². The third-order valence-corrected chi connectivity index (χ3v) is 3.83. The SMILES string of the molecule is C=CCNC(=NCc1nnc(C)n1C)N(C)CCOc1ccc(F)cc1. The van der Waals surface area contributed by atoms with Crippen LogP contribution < -0.4 is 10.1 Å². The zero-order valence-electron chi connectivity index (χ0n) is 15.4. The van der Waals surface area contributed by atoms with E-state index in [2.05, 4.69) is 27.1 Å². The van der Waals surface area contributed by atoms with E-state index in [1.807, 2.05) is 30.5 Å². The van der Waals surface area contributed by atoms with Crippen molar-refractivity contribution in [3.05, 3.63) is 54.4 Å². The van der Waals surface area contributed by atoms with E-state index >= 15 is 0 Å². The van der Waals surface area contributed by atoms with Crippen molar-refractivity contribution >= 4 is 5.96 Å². The van der Waals surface area contributed by atoms with Gasteiger partial charge < -0.3 is 19.5 Å². The second-order valence-corrected chi connectivity index (χ2v) is 5.76. The Morgan fingerprint density at radius 2 is 2.12 bits per heavy atom. The van der Waals surface area contributed by atoms with Gasteiger partial charge in [0.2, 0.25) is 0 Å². The number of aromatic nitrogens is 3. The van der Waals surface area contributed by atoms with Crippen LogP contribution in [0.2, 0.25) is 0 Å². The molecule has 2 rings (SSSR count). The molecular formula is C18H25FN6O. The highest BCUT2D eigenvalue weighted by Crippen LogP contribution is 2.10. The minimum Gasteiger partial charge on any atom is -0.492 e. The quantitative estimate of drug-likeness (QED) is 0.442. The van der Waals surface area contributed by atoms with Crippen LogP contribution in [0.1, 0.15) is 11.6 Å². The smallest absolute Gasteiger partial charge is 0.194 e. The van der Waals surface area contributed by atoms with Crippen molar-refractivity contribution in [3.8, 4) is 5.75 Å². The van der Waals surface area contributed by atoms with Gasteiger partial charge in [-0.05, 0) is 31.2 Å². The Labute approximate surface area is 153 Å². The molecule has 0 unspecified atom stereocenters. The van der Waals surface area contributed by atoms with Gasteiger partial charge in [0.05, 0.1) is 6.54 Å². The molecular weight excluding hydrogens is 335 g/mol. The summed E-state index contributed by atoms with van der Waals surface area (Å²) in [4.78, 5) is 6.55. The maximum atomic E-state index is 12.9. The molecule has 0 spiro atoms. The summed E-state index contributed by atoms with van der Waals surface area (Å²) in [5, 5.41) is 11.4. The van der Waals surface area contributed by atoms with Gasteiger partial charge >= 0.3 is 0 Å². The monoisotopic (exact) mass is 360 g/mol. The Hall–Kier alpha value is -2.90. The van der Waals surface area contributed by atoms with E-state index < -0.39 is 0 Å². The molecule has 1 aromatic heterocycles. The molecule has 1 aromatic carbocycles. The maximum absolute atomic E-state index is 12.9. The second-order valence-electron chi connectivity index (χ2n) is 5.76. The Morgan fingerprint density at radius 1 is 1.38 bits per heavy atom. The predicted molar refractivity (Wildman–Crippen MR) is 99.6 cm³/mol. The number of nitrogens with zero attached hydrogens (tertiary/aromatic N) is 5. The zero-order valence-corrected chi connectivity index (χ0v) is 15.4. The lowest BCUT2D eigenvalue weighted by molar-refractivity contribution is 0.281. The van der Waals surface area contributed by atoms with Crippen LogP contribution in [0.3, 0.4) is 0 Å². The van der Waals surface area contributed by atoms with E-state index in [0.29, 0.717) is 38.0 Å². The summed E-state index contributed by atoms with van der Waals surface area (Å²) in [6.45, 7) is 7.69. The molecule has 7 nitrogen and oxygen atoms in total. The maximum Gasteiger partial charge on any atom is 0.194 e. The van der Waals surface area contributed by atoms with Gasteiger partial charge in [-0.2, -0.15) is 0 Å². The molecule has 0 aliphatic rings. The first kappa shape index (κ1) is 19.4. The highest BCUT2D eigenvalue weighted by molar-refractivity contribution is 5.79. The van der Waals surface area contributed by atoms with Gasteiger partial charge in [0.1, 0.15) is 30.5 Å². The number of nitrogens with one attached hydrogen (secondary N) is 1. The van der Waals surface area contributed by atoms with Gasteiger partial charge in [0.15, 0.2) is 11.8 Å². The molecule has 0 saturated heterocycles. The number of likely N-dealkylation sites (N-methyl/N-ethyl adjacent to an activating group) is 1. The van der Waals surface area contributed by atoms with Gasteiger partial charge in [-0.15, -0.1) is 16.8 Å². The van der Waals surface area contributed by atoms with E-state index in [1.165, 1.54) is 12.1 Å². The fraction of sp³-hybridized carbons (Fsp3) is 0.389. The lowest BCUT2D eigenvalue weighted by Crippen LogP contribution is -2.41. The van der Waals surface area contributed by atoms with Crippen LogP contribution in [-0.4, -0.2) is 52.4 Å². The lowest BCUT2D eigenvalue weighted by Gasteiger charge is -2.22. The number of benzene rings is 1. The first-order valence-corrected chi connectivity index (χ1v) is 8.35. The summed E-state index contributed by atoms with van der Waals surface area (Å²) < 4.78 is 20.5. The fourth-order valence-corrected chi connectivity index (χ4v) is 2.15. The van der Waals surface area contributed by atoms with E-state index in [9.17, 15) is 4.39 Å². The topological polar surface area (TPSA) is 67.6 Å². The fourth-order valence-electron chi connectivity index (χ4n) is 2.15. The van der Waals surface area contributed by atoms with Crippen LogP contribution in [0.25, 0.3) is 0 Å². The molecule has 0 atom stereocenters. The standard InChI is InChI=1S/C18H25FN6O/c1-5-10-20-18(21-13-17-23-22-14(2)25(17)4)24(3)11-12-26-16-8-6-15(19)7-9-16/h5-9H,1,10-13H2,2-4H3,(H,20,21). The number of aryl methyl sites for hydroxylation is 1. The molecule has 0 aliphatic carbocycles. The first-order valence-electron chi connectivity index (χ1n) is 8.35. The number of aliphatic imine (C=N–C) groups is 1. The summed E-state index contributed by atoms with van der Waals surface area (Å²) in [5.41, 5.74) is 0. The summed E-state index contributed by atoms with van der Waals surface area (Å²) in [6, 6.07) is 5.97. The van der Waals surface area contributed by atoms with Gasteiger partial charge in [-0.1, -0.05) is 6.08 Å². The van der Waals surface area contributed by atoms with Crippen molar-refractivity contribution in [2.24, 2.45) is 12.0 Å². The normalized spacial score (nSPS) is 11.3. The number of halogens is 1. The lowest BCUT2D eigenvalue weighted by atomic mass is 10.3. The number of guanidine groups is 1. The molecule has 0 fully saturated rings. The molecule has 0 bridgehead atoms. The van der Waals surface area contributed by atoms with Gasteiger partial charge in [-0.3, -0.25) is 0 Å². The number of ether oxygens (including phenoxy) is 1. The van der Waals surface area contributed by atoms with Crippen molar-refractivity contribution in [2.45, 2.75) is 13.5 Å². The Balaban J connectivity index is 1.93. The molecule has 1 heterocycles. The minimum atomic E-state index is -0.281. The third-order valence-electron chi connectivity index (χ3n) is 3.83. The van der Waals surface area contributed by atoms with Crippen molar-refractivity contribution in [1.29, 1.82) is 0 Å². The second kappa shape index (κ2) is 9.55. The Kier molecular flexibility index (Phi) is 7.13. The van der Waals surface area contributed by atoms with Crippen molar-refractivity contribution in [2.75, 3.05) is 26.7 Å². The van der Waals surface area contributed by atoms with E-state index in [-0.39, 0.29) is 5.82 Å². The molecule has 0 aliphatic heterocycles. The molecule has 0 saturated carbocycles. The van der Waals surface area contributed by atoms with Gasteiger partial charge in [0.25, 0.3) is 0 Å². The van der Waals surface area contributed by atoms with Gasteiger partial charge in [-0.25, -0.2) is 9.38 Å². The summed E-state index contributed by atoms with van der Waals surface area (Å²) >= 11 is 0. The van der Waals surface area contributed by atoms with Crippen LogP contribution in [0.5, 0.6) is 5.75 Å². The zero-order chi connectivity index (χ0) is 18.9. The van der Waals surface area contributed by atoms with Crippen LogP contribution in [-0.2, 0) is 13.6 Å². The van der Waals surface area contributed by atoms with E-state index in [0.717, 1.165) is 11.6 Å². The molecule has 26 heavy (non-hydrogen) atoms. The molecule has 2 aromatic rings. The largest absolute Gasteiger partial charge is 0.492 e. The number of hydrogen-bond donors (Lipinski definition) is 1. The highest BCUT2D eigenvalue weighted by Gasteiger charge is 2.08. The summed E-state index contributed by atoms with van der Waals surface area (Å²) in [7, 11) is 3.84. The number of rotatable bonds is 8. The molecule has 0 radical (unpaired) electrons. The Bertz CT molecular complexity index is 741. The summed E-state index contributed by atoms with van der Waals surface area (Å²) in [6.07, 6.45) is 1.77. The van der Waals surface area contributed by atoms with Crippen molar-refractivity contribution < 1.29 is 9.13 Å². The van der Waals surface area contributed by atoms with Crippen LogP contribution in [0, 0.1) is 12.7 Å². The van der Waals surface area contributed by atoms with Crippen LogP contribution >= 0.6 is 0 Å². The summed E-state index contributed by atoms with van der Waals surface area (Å²) in [5.74, 6) is 2.70. The average molecular weight is 360 g/mol. The number of hydrogen-bond acceptors (Lipinski definition) is 4.